The molecular formula is C17H23N5O3. The number of nitrogens with zero attached hydrogens (tertiary/aromatic N) is 3. The van der Waals surface area contributed by atoms with E-state index in [1.54, 1.807) is 36.1 Å². The summed E-state index contributed by atoms with van der Waals surface area (Å²) in [4.78, 5) is 30.1. The van der Waals surface area contributed by atoms with Crippen LogP contribution in [-0.2, 0) is 6.42 Å². The third kappa shape index (κ3) is 5.30. The topological polar surface area (TPSA) is 100 Å². The molecule has 1 aromatic heterocycles. The molecule has 8 nitrogen and oxygen atoms in total. The van der Waals surface area contributed by atoms with Crippen LogP contribution in [0.5, 0.6) is 0 Å². The van der Waals surface area contributed by atoms with Gasteiger partial charge in [0.15, 0.2) is 5.82 Å². The number of aromatic nitrogens is 2. The fourth-order valence-electron chi connectivity index (χ4n) is 2.32. The quantitative estimate of drug-likeness (QED) is 0.801. The molecular weight excluding hydrogens is 322 g/mol. The van der Waals surface area contributed by atoms with Crippen LogP contribution in [0, 0.1) is 6.92 Å². The highest BCUT2D eigenvalue weighted by Crippen LogP contribution is 2.13. The van der Waals surface area contributed by atoms with E-state index < -0.39 is 0 Å². The average molecular weight is 345 g/mol. The second-order valence-electron chi connectivity index (χ2n) is 5.42. The van der Waals surface area contributed by atoms with Gasteiger partial charge in [-0.2, -0.15) is 4.98 Å². The Morgan fingerprint density at radius 3 is 2.64 bits per heavy atom. The molecule has 1 aromatic carbocycles. The van der Waals surface area contributed by atoms with Gasteiger partial charge in [-0.3, -0.25) is 4.79 Å². The highest BCUT2D eigenvalue weighted by Gasteiger charge is 2.13. The van der Waals surface area contributed by atoms with Crippen LogP contribution in [-0.4, -0.2) is 46.6 Å². The van der Waals surface area contributed by atoms with Gasteiger partial charge in [0.25, 0.3) is 5.91 Å². The zero-order valence-electron chi connectivity index (χ0n) is 14.7. The van der Waals surface area contributed by atoms with Gasteiger partial charge >= 0.3 is 6.03 Å². The Morgan fingerprint density at radius 2 is 2.00 bits per heavy atom. The van der Waals surface area contributed by atoms with Crippen molar-refractivity contribution in [2.45, 2.75) is 27.2 Å². The van der Waals surface area contributed by atoms with E-state index in [4.69, 9.17) is 4.52 Å². The third-order valence-electron chi connectivity index (χ3n) is 3.61. The number of carbonyl (C=O) groups is 2. The first-order chi connectivity index (χ1) is 12.0. The average Bonchev–Trinajstić information content (AvgIpc) is 3.01. The van der Waals surface area contributed by atoms with Gasteiger partial charge in [0.05, 0.1) is 0 Å². The van der Waals surface area contributed by atoms with Gasteiger partial charge in [-0.1, -0.05) is 11.2 Å². The molecule has 0 aliphatic heterocycles. The summed E-state index contributed by atoms with van der Waals surface area (Å²) in [5.74, 6) is 0.986. The maximum absolute atomic E-state index is 12.4. The standard InChI is InChI=1S/C17H23N5O3/c1-4-22(5-2)16(23)13-7-6-8-14(11-13)20-17(24)18-10-9-15-19-12(3)21-25-15/h6-8,11H,4-5,9-10H2,1-3H3,(H2,18,20,24). The van der Waals surface area contributed by atoms with Crippen LogP contribution in [0.15, 0.2) is 28.8 Å². The van der Waals surface area contributed by atoms with Crippen LogP contribution >= 0.6 is 0 Å². The predicted octanol–water partition coefficient (Wildman–Crippen LogP) is 2.22. The van der Waals surface area contributed by atoms with Crippen LogP contribution in [0.1, 0.15) is 35.9 Å². The van der Waals surface area contributed by atoms with Gasteiger partial charge in [-0.15, -0.1) is 0 Å². The van der Waals surface area contributed by atoms with Crippen molar-refractivity contribution in [3.8, 4) is 0 Å². The van der Waals surface area contributed by atoms with Gasteiger partial charge in [-0.05, 0) is 39.0 Å². The van der Waals surface area contributed by atoms with E-state index in [2.05, 4.69) is 20.8 Å². The molecule has 0 saturated carbocycles. The van der Waals surface area contributed by atoms with Gasteiger partial charge in [0, 0.05) is 37.3 Å². The van der Waals surface area contributed by atoms with Gasteiger partial charge in [0.1, 0.15) is 0 Å². The second kappa shape index (κ2) is 8.81. The van der Waals surface area contributed by atoms with E-state index in [0.717, 1.165) is 0 Å². The molecule has 8 heteroatoms. The molecule has 0 radical (unpaired) electrons. The summed E-state index contributed by atoms with van der Waals surface area (Å²) < 4.78 is 4.98. The van der Waals surface area contributed by atoms with Crippen molar-refractivity contribution >= 4 is 17.6 Å². The summed E-state index contributed by atoms with van der Waals surface area (Å²) in [5, 5.41) is 9.11. The lowest BCUT2D eigenvalue weighted by molar-refractivity contribution is 0.0773. The molecule has 0 spiro atoms. The Kier molecular flexibility index (Phi) is 6.50. The number of anilines is 1. The van der Waals surface area contributed by atoms with E-state index in [1.807, 2.05) is 13.8 Å². The maximum atomic E-state index is 12.4. The number of benzene rings is 1. The van der Waals surface area contributed by atoms with E-state index in [9.17, 15) is 9.59 Å². The number of aryl methyl sites for hydroxylation is 1. The minimum Gasteiger partial charge on any atom is -0.339 e. The van der Waals surface area contributed by atoms with Gasteiger partial charge < -0.3 is 20.1 Å². The minimum atomic E-state index is -0.358. The summed E-state index contributed by atoms with van der Waals surface area (Å²) in [6.45, 7) is 7.25. The summed E-state index contributed by atoms with van der Waals surface area (Å²) in [6.07, 6.45) is 0.453. The molecule has 2 rings (SSSR count). The number of rotatable bonds is 7. The number of amides is 3. The van der Waals surface area contributed by atoms with E-state index in [0.29, 0.717) is 49.0 Å². The molecule has 1 heterocycles. The predicted molar refractivity (Wildman–Crippen MR) is 93.5 cm³/mol. The van der Waals surface area contributed by atoms with Gasteiger partial charge in [0.2, 0.25) is 5.89 Å². The van der Waals surface area contributed by atoms with Crippen LogP contribution in [0.4, 0.5) is 10.5 Å². The SMILES string of the molecule is CCN(CC)C(=O)c1cccc(NC(=O)NCCc2nc(C)no2)c1. The molecule has 0 fully saturated rings. The van der Waals surface area contributed by atoms with Crippen LogP contribution in [0.25, 0.3) is 0 Å². The van der Waals surface area contributed by atoms with Crippen molar-refractivity contribution in [3.05, 3.63) is 41.5 Å². The van der Waals surface area contributed by atoms with E-state index in [1.165, 1.54) is 0 Å². The van der Waals surface area contributed by atoms with Crippen molar-refractivity contribution in [2.24, 2.45) is 0 Å². The third-order valence-corrected chi connectivity index (χ3v) is 3.61. The number of hydrogen-bond donors (Lipinski definition) is 2. The fraction of sp³-hybridized carbons (Fsp3) is 0.412. The molecule has 0 saturated heterocycles. The maximum Gasteiger partial charge on any atom is 0.319 e. The molecule has 0 unspecified atom stereocenters. The van der Waals surface area contributed by atoms with Crippen molar-refractivity contribution < 1.29 is 14.1 Å². The molecule has 3 amide bonds. The first-order valence-corrected chi connectivity index (χ1v) is 8.26. The molecule has 0 bridgehead atoms. The van der Waals surface area contributed by atoms with Crippen molar-refractivity contribution in [1.29, 1.82) is 0 Å². The lowest BCUT2D eigenvalue weighted by atomic mass is 10.1. The lowest BCUT2D eigenvalue weighted by Gasteiger charge is -2.19. The summed E-state index contributed by atoms with van der Waals surface area (Å²) in [7, 11) is 0. The Morgan fingerprint density at radius 1 is 1.24 bits per heavy atom. The van der Waals surface area contributed by atoms with Crippen molar-refractivity contribution in [2.75, 3.05) is 25.0 Å². The zero-order valence-corrected chi connectivity index (χ0v) is 14.7. The van der Waals surface area contributed by atoms with Crippen LogP contribution in [0.2, 0.25) is 0 Å². The number of hydrogen-bond acceptors (Lipinski definition) is 5. The Hall–Kier alpha value is -2.90. The monoisotopic (exact) mass is 345 g/mol. The zero-order chi connectivity index (χ0) is 18.2. The molecule has 134 valence electrons. The Bertz CT molecular complexity index is 725. The van der Waals surface area contributed by atoms with Crippen molar-refractivity contribution in [3.63, 3.8) is 0 Å². The molecule has 2 aromatic rings. The number of urea groups is 1. The first kappa shape index (κ1) is 18.4. The molecule has 25 heavy (non-hydrogen) atoms. The first-order valence-electron chi connectivity index (χ1n) is 8.26. The molecule has 0 aliphatic carbocycles. The summed E-state index contributed by atoms with van der Waals surface area (Å²) >= 11 is 0. The fourth-order valence-corrected chi connectivity index (χ4v) is 2.32. The van der Waals surface area contributed by atoms with E-state index >= 15 is 0 Å². The molecule has 0 atom stereocenters. The normalized spacial score (nSPS) is 10.4. The van der Waals surface area contributed by atoms with Crippen LogP contribution < -0.4 is 10.6 Å². The second-order valence-corrected chi connectivity index (χ2v) is 5.42. The van der Waals surface area contributed by atoms with E-state index in [-0.39, 0.29) is 11.9 Å². The highest BCUT2D eigenvalue weighted by molar-refractivity contribution is 5.96. The molecule has 0 aliphatic rings. The Labute approximate surface area is 146 Å². The number of carbonyl (C=O) groups excluding carboxylic acids is 2. The van der Waals surface area contributed by atoms with Crippen LogP contribution in [0.3, 0.4) is 0 Å². The lowest BCUT2D eigenvalue weighted by Crippen LogP contribution is -2.31. The minimum absolute atomic E-state index is 0.0548. The smallest absolute Gasteiger partial charge is 0.319 e. The molecule has 2 N–H and O–H groups in total. The highest BCUT2D eigenvalue weighted by atomic mass is 16.5. The number of nitrogens with one attached hydrogen (secondary N) is 2. The summed E-state index contributed by atoms with van der Waals surface area (Å²) in [6, 6.07) is 6.53. The largest absolute Gasteiger partial charge is 0.339 e. The summed E-state index contributed by atoms with van der Waals surface area (Å²) in [5.41, 5.74) is 1.10. The van der Waals surface area contributed by atoms with Gasteiger partial charge in [-0.25, -0.2) is 4.79 Å². The Balaban J connectivity index is 1.88. The van der Waals surface area contributed by atoms with Crippen molar-refractivity contribution in [1.82, 2.24) is 20.4 Å².